The second kappa shape index (κ2) is 3.03. The summed E-state index contributed by atoms with van der Waals surface area (Å²) in [7, 11) is 3.51. The van der Waals surface area contributed by atoms with Crippen molar-refractivity contribution in [3.05, 3.63) is 35.9 Å². The summed E-state index contributed by atoms with van der Waals surface area (Å²) in [6, 6.07) is 9.95. The average molecular weight is 152 g/mol. The van der Waals surface area contributed by atoms with Crippen molar-refractivity contribution in [1.82, 2.24) is 0 Å². The van der Waals surface area contributed by atoms with Crippen molar-refractivity contribution >= 4 is 0 Å². The van der Waals surface area contributed by atoms with Gasteiger partial charge in [0.05, 0.1) is 14.1 Å². The maximum Gasteiger partial charge on any atom is 0.134 e. The third-order valence-electron chi connectivity index (χ3n) is 1.41. The molecule has 0 aromatic heterocycles. The van der Waals surface area contributed by atoms with E-state index in [9.17, 15) is 5.21 Å². The summed E-state index contributed by atoms with van der Waals surface area (Å²) in [6.07, 6.45) is 0. The van der Waals surface area contributed by atoms with Crippen molar-refractivity contribution in [1.29, 1.82) is 0 Å². The van der Waals surface area contributed by atoms with E-state index in [1.54, 1.807) is 14.1 Å². The Bertz CT molecular complexity index is 213. The molecular formula is C9H14NO+. The predicted molar refractivity (Wildman–Crippen MR) is 44.0 cm³/mol. The summed E-state index contributed by atoms with van der Waals surface area (Å²) >= 11 is 0. The van der Waals surface area contributed by atoms with Crippen molar-refractivity contribution in [2.45, 2.75) is 6.54 Å². The Hall–Kier alpha value is -0.860. The van der Waals surface area contributed by atoms with Crippen LogP contribution in [-0.4, -0.2) is 23.9 Å². The molecule has 0 saturated carbocycles. The average Bonchev–Trinajstić information content (AvgIpc) is 1.85. The number of hydrogen-bond donors (Lipinski definition) is 1. The summed E-state index contributed by atoms with van der Waals surface area (Å²) in [5.41, 5.74) is 1.15. The molecule has 0 fully saturated rings. The third-order valence-corrected chi connectivity index (χ3v) is 1.41. The Balaban J connectivity index is 2.66. The van der Waals surface area contributed by atoms with E-state index in [4.69, 9.17) is 0 Å². The molecule has 1 aromatic carbocycles. The topological polar surface area (TPSA) is 20.2 Å². The number of nitrogens with zero attached hydrogens (tertiary/aromatic N) is 1. The van der Waals surface area contributed by atoms with Crippen molar-refractivity contribution < 1.29 is 9.85 Å². The van der Waals surface area contributed by atoms with Crippen LogP contribution in [-0.2, 0) is 6.54 Å². The molecule has 0 aliphatic carbocycles. The van der Waals surface area contributed by atoms with Gasteiger partial charge in [0.2, 0.25) is 0 Å². The van der Waals surface area contributed by atoms with Crippen LogP contribution >= 0.6 is 0 Å². The van der Waals surface area contributed by atoms with E-state index >= 15 is 0 Å². The maximum atomic E-state index is 9.41. The van der Waals surface area contributed by atoms with Gasteiger partial charge in [-0.15, -0.1) is 0 Å². The second-order valence-electron chi connectivity index (χ2n) is 3.26. The van der Waals surface area contributed by atoms with Crippen LogP contribution in [0.5, 0.6) is 0 Å². The van der Waals surface area contributed by atoms with Crippen LogP contribution in [0.1, 0.15) is 5.56 Å². The zero-order valence-electron chi connectivity index (χ0n) is 6.99. The van der Waals surface area contributed by atoms with E-state index in [0.29, 0.717) is 6.54 Å². The summed E-state index contributed by atoms with van der Waals surface area (Å²) in [5.74, 6) is 0. The fraction of sp³-hybridized carbons (Fsp3) is 0.333. The first-order valence-electron chi connectivity index (χ1n) is 3.67. The standard InChI is InChI=1S/C9H14NO/c1-10(2,11)8-9-6-4-3-5-7-9/h3-7,11H,8H2,1-2H3/q+1. The van der Waals surface area contributed by atoms with Gasteiger partial charge < -0.3 is 0 Å². The molecule has 0 heterocycles. The lowest BCUT2D eigenvalue weighted by atomic mass is 10.2. The van der Waals surface area contributed by atoms with Gasteiger partial charge in [-0.2, -0.15) is 4.65 Å². The van der Waals surface area contributed by atoms with Crippen LogP contribution in [0.25, 0.3) is 0 Å². The van der Waals surface area contributed by atoms with Gasteiger partial charge in [0.15, 0.2) is 0 Å². The van der Waals surface area contributed by atoms with Gasteiger partial charge in [-0.3, -0.25) is 0 Å². The minimum absolute atomic E-state index is 0.00991. The molecular weight excluding hydrogens is 138 g/mol. The molecule has 0 radical (unpaired) electrons. The SMILES string of the molecule is C[N+](C)(O)Cc1ccccc1. The predicted octanol–water partition coefficient (Wildman–Crippen LogP) is 1.65. The fourth-order valence-electron chi connectivity index (χ4n) is 1.03. The lowest BCUT2D eigenvalue weighted by Gasteiger charge is -2.19. The molecule has 0 saturated heterocycles. The highest BCUT2D eigenvalue weighted by atomic mass is 16.5. The quantitative estimate of drug-likeness (QED) is 0.504. The molecule has 1 rings (SSSR count). The number of benzene rings is 1. The van der Waals surface area contributed by atoms with Crippen LogP contribution in [0.4, 0.5) is 0 Å². The van der Waals surface area contributed by atoms with Gasteiger partial charge in [0.1, 0.15) is 6.54 Å². The number of hydrogen-bond acceptors (Lipinski definition) is 1. The van der Waals surface area contributed by atoms with E-state index in [-0.39, 0.29) is 4.65 Å². The minimum atomic E-state index is -0.00991. The van der Waals surface area contributed by atoms with Crippen molar-refractivity contribution in [3.8, 4) is 0 Å². The van der Waals surface area contributed by atoms with E-state index in [2.05, 4.69) is 0 Å². The number of quaternary nitrogens is 1. The number of hydroxylamine groups is 3. The van der Waals surface area contributed by atoms with Crippen molar-refractivity contribution in [2.75, 3.05) is 14.1 Å². The number of rotatable bonds is 2. The monoisotopic (exact) mass is 152 g/mol. The zero-order chi connectivity index (χ0) is 8.32. The van der Waals surface area contributed by atoms with Gasteiger partial charge in [-0.05, 0) is 0 Å². The Morgan fingerprint density at radius 1 is 1.18 bits per heavy atom. The van der Waals surface area contributed by atoms with Crippen LogP contribution < -0.4 is 0 Å². The smallest absolute Gasteiger partial charge is 0.134 e. The Kier molecular flexibility index (Phi) is 2.27. The van der Waals surface area contributed by atoms with Crippen LogP contribution in [0.15, 0.2) is 30.3 Å². The van der Waals surface area contributed by atoms with E-state index < -0.39 is 0 Å². The lowest BCUT2D eigenvalue weighted by molar-refractivity contribution is -1.08. The Morgan fingerprint density at radius 2 is 1.73 bits per heavy atom. The van der Waals surface area contributed by atoms with Gasteiger partial charge in [-0.25, -0.2) is 5.21 Å². The first kappa shape index (κ1) is 8.24. The first-order chi connectivity index (χ1) is 5.08. The molecule has 0 aliphatic heterocycles. The summed E-state index contributed by atoms with van der Waals surface area (Å²) < 4.78 is -0.00991. The zero-order valence-corrected chi connectivity index (χ0v) is 6.99. The molecule has 0 atom stereocenters. The van der Waals surface area contributed by atoms with Crippen molar-refractivity contribution in [2.24, 2.45) is 0 Å². The molecule has 1 aromatic rings. The molecule has 0 amide bonds. The maximum absolute atomic E-state index is 9.41. The largest absolute Gasteiger partial charge is 0.217 e. The molecule has 0 aliphatic rings. The molecule has 2 nitrogen and oxygen atoms in total. The van der Waals surface area contributed by atoms with E-state index in [0.717, 1.165) is 5.56 Å². The van der Waals surface area contributed by atoms with E-state index in [1.807, 2.05) is 30.3 Å². The molecule has 11 heavy (non-hydrogen) atoms. The second-order valence-corrected chi connectivity index (χ2v) is 3.26. The molecule has 0 unspecified atom stereocenters. The van der Waals surface area contributed by atoms with Gasteiger partial charge in [0, 0.05) is 5.56 Å². The Morgan fingerprint density at radius 3 is 2.18 bits per heavy atom. The van der Waals surface area contributed by atoms with Gasteiger partial charge in [-0.1, -0.05) is 30.3 Å². The van der Waals surface area contributed by atoms with Crippen molar-refractivity contribution in [3.63, 3.8) is 0 Å². The molecule has 2 heteroatoms. The van der Waals surface area contributed by atoms with Crippen LogP contribution in [0.2, 0.25) is 0 Å². The third kappa shape index (κ3) is 3.16. The summed E-state index contributed by atoms with van der Waals surface area (Å²) in [5, 5.41) is 9.41. The van der Waals surface area contributed by atoms with Gasteiger partial charge in [0.25, 0.3) is 0 Å². The summed E-state index contributed by atoms with van der Waals surface area (Å²) in [4.78, 5) is 0. The molecule has 1 N–H and O–H groups in total. The van der Waals surface area contributed by atoms with Crippen LogP contribution in [0, 0.1) is 0 Å². The highest BCUT2D eigenvalue weighted by Gasteiger charge is 2.10. The molecule has 0 bridgehead atoms. The van der Waals surface area contributed by atoms with E-state index in [1.165, 1.54) is 0 Å². The highest BCUT2D eigenvalue weighted by molar-refractivity contribution is 5.13. The normalized spacial score (nSPS) is 11.5. The molecule has 60 valence electrons. The Labute approximate surface area is 67.2 Å². The lowest BCUT2D eigenvalue weighted by Crippen LogP contribution is -2.34. The molecule has 0 spiro atoms. The highest BCUT2D eigenvalue weighted by Crippen LogP contribution is 2.04. The van der Waals surface area contributed by atoms with Gasteiger partial charge >= 0.3 is 0 Å². The minimum Gasteiger partial charge on any atom is -0.217 e. The fourth-order valence-corrected chi connectivity index (χ4v) is 1.03. The van der Waals surface area contributed by atoms with Crippen LogP contribution in [0.3, 0.4) is 0 Å². The summed E-state index contributed by atoms with van der Waals surface area (Å²) in [6.45, 7) is 0.654. The first-order valence-corrected chi connectivity index (χ1v) is 3.67.